The fraction of sp³-hybridized carbons (Fsp3) is 0.200. The van der Waals surface area contributed by atoms with Crippen molar-refractivity contribution in [3.05, 3.63) is 34.7 Å². The van der Waals surface area contributed by atoms with E-state index >= 15 is 0 Å². The summed E-state index contributed by atoms with van der Waals surface area (Å²) in [4.78, 5) is 4.56. The molecule has 0 fully saturated rings. The standard InChI is InChI=1S/C10H12N2S/c1-11-6-9-5-8(7-13-9)10-3-2-4-12-10/h2-5,7,11-12H,6H2,1H3. The molecule has 3 heteroatoms. The van der Waals surface area contributed by atoms with Crippen LogP contribution in [0.25, 0.3) is 11.3 Å². The monoisotopic (exact) mass is 192 g/mol. The van der Waals surface area contributed by atoms with Gasteiger partial charge in [-0.15, -0.1) is 11.3 Å². The fourth-order valence-corrected chi connectivity index (χ4v) is 2.19. The summed E-state index contributed by atoms with van der Waals surface area (Å²) >= 11 is 1.79. The van der Waals surface area contributed by atoms with Crippen LogP contribution < -0.4 is 5.32 Å². The largest absolute Gasteiger partial charge is 0.361 e. The Labute approximate surface area is 81.6 Å². The number of hydrogen-bond acceptors (Lipinski definition) is 2. The number of nitrogens with one attached hydrogen (secondary N) is 2. The molecule has 0 spiro atoms. The average Bonchev–Trinajstić information content (AvgIpc) is 2.70. The van der Waals surface area contributed by atoms with Crippen LogP contribution in [0.1, 0.15) is 4.88 Å². The number of aromatic nitrogens is 1. The highest BCUT2D eigenvalue weighted by molar-refractivity contribution is 7.10. The van der Waals surface area contributed by atoms with Gasteiger partial charge in [0.2, 0.25) is 0 Å². The summed E-state index contributed by atoms with van der Waals surface area (Å²) in [5, 5.41) is 5.32. The molecule has 0 bridgehead atoms. The minimum atomic E-state index is 0.950. The molecule has 13 heavy (non-hydrogen) atoms. The van der Waals surface area contributed by atoms with Crippen LogP contribution in [0.4, 0.5) is 0 Å². The highest BCUT2D eigenvalue weighted by Crippen LogP contribution is 2.23. The first-order valence-electron chi connectivity index (χ1n) is 4.26. The van der Waals surface area contributed by atoms with Gasteiger partial charge in [0, 0.05) is 34.3 Å². The minimum absolute atomic E-state index is 0.950. The Bertz CT molecular complexity index is 362. The fourth-order valence-electron chi connectivity index (χ4n) is 1.30. The van der Waals surface area contributed by atoms with Gasteiger partial charge >= 0.3 is 0 Å². The number of thiophene rings is 1. The molecule has 2 N–H and O–H groups in total. The third-order valence-electron chi connectivity index (χ3n) is 1.91. The molecule has 0 aromatic carbocycles. The minimum Gasteiger partial charge on any atom is -0.361 e. The summed E-state index contributed by atoms with van der Waals surface area (Å²) in [6.45, 7) is 0.950. The third kappa shape index (κ3) is 1.82. The van der Waals surface area contributed by atoms with E-state index in [-0.39, 0.29) is 0 Å². The molecule has 2 aromatic rings. The number of H-pyrrole nitrogens is 1. The van der Waals surface area contributed by atoms with Gasteiger partial charge in [0.1, 0.15) is 0 Å². The predicted octanol–water partition coefficient (Wildman–Crippen LogP) is 2.46. The van der Waals surface area contributed by atoms with Gasteiger partial charge in [-0.25, -0.2) is 0 Å². The Balaban J connectivity index is 2.23. The van der Waals surface area contributed by atoms with E-state index in [9.17, 15) is 0 Å². The summed E-state index contributed by atoms with van der Waals surface area (Å²) in [5.41, 5.74) is 2.47. The summed E-state index contributed by atoms with van der Waals surface area (Å²) in [6, 6.07) is 6.32. The van der Waals surface area contributed by atoms with E-state index in [2.05, 4.69) is 27.8 Å². The van der Waals surface area contributed by atoms with Gasteiger partial charge in [-0.3, -0.25) is 0 Å². The van der Waals surface area contributed by atoms with Crippen molar-refractivity contribution < 1.29 is 0 Å². The van der Waals surface area contributed by atoms with Crippen molar-refractivity contribution in [2.75, 3.05) is 7.05 Å². The molecule has 0 unspecified atom stereocenters. The van der Waals surface area contributed by atoms with Crippen LogP contribution in [0, 0.1) is 0 Å². The Morgan fingerprint density at radius 2 is 2.46 bits per heavy atom. The summed E-state index contributed by atoms with van der Waals surface area (Å²) in [6.07, 6.45) is 1.95. The van der Waals surface area contributed by atoms with Crippen LogP contribution in [0.2, 0.25) is 0 Å². The first-order valence-corrected chi connectivity index (χ1v) is 5.14. The van der Waals surface area contributed by atoms with E-state index in [1.54, 1.807) is 11.3 Å². The van der Waals surface area contributed by atoms with Crippen LogP contribution >= 0.6 is 11.3 Å². The van der Waals surface area contributed by atoms with E-state index in [0.717, 1.165) is 6.54 Å². The SMILES string of the molecule is CNCc1cc(-c2ccc[nH]2)cs1. The van der Waals surface area contributed by atoms with Crippen LogP contribution in [-0.2, 0) is 6.54 Å². The topological polar surface area (TPSA) is 27.8 Å². The van der Waals surface area contributed by atoms with E-state index in [4.69, 9.17) is 0 Å². The maximum atomic E-state index is 3.20. The average molecular weight is 192 g/mol. The Hall–Kier alpha value is -1.06. The molecule has 0 radical (unpaired) electrons. The van der Waals surface area contributed by atoms with Crippen molar-refractivity contribution in [1.29, 1.82) is 0 Å². The lowest BCUT2D eigenvalue weighted by molar-refractivity contribution is 0.831. The smallest absolute Gasteiger partial charge is 0.0462 e. The zero-order valence-corrected chi connectivity index (χ0v) is 8.32. The van der Waals surface area contributed by atoms with E-state index in [0.29, 0.717) is 0 Å². The van der Waals surface area contributed by atoms with Crippen LogP contribution in [-0.4, -0.2) is 12.0 Å². The molecular weight excluding hydrogens is 180 g/mol. The summed E-state index contributed by atoms with van der Waals surface area (Å²) < 4.78 is 0. The quantitative estimate of drug-likeness (QED) is 0.768. The molecule has 0 saturated carbocycles. The lowest BCUT2D eigenvalue weighted by Gasteiger charge is -1.92. The number of aromatic amines is 1. The number of hydrogen-bond donors (Lipinski definition) is 2. The van der Waals surface area contributed by atoms with Crippen molar-refractivity contribution in [3.8, 4) is 11.3 Å². The van der Waals surface area contributed by atoms with Crippen molar-refractivity contribution >= 4 is 11.3 Å². The zero-order valence-electron chi connectivity index (χ0n) is 7.50. The second kappa shape index (κ2) is 3.77. The lowest BCUT2D eigenvalue weighted by Crippen LogP contribution is -2.02. The zero-order chi connectivity index (χ0) is 9.10. The Morgan fingerprint density at radius 1 is 1.54 bits per heavy atom. The molecule has 2 nitrogen and oxygen atoms in total. The highest BCUT2D eigenvalue weighted by atomic mass is 32.1. The number of rotatable bonds is 3. The molecule has 0 aliphatic heterocycles. The molecule has 0 aliphatic carbocycles. The molecular formula is C10H12N2S. The highest BCUT2D eigenvalue weighted by Gasteiger charge is 2.01. The van der Waals surface area contributed by atoms with Gasteiger partial charge < -0.3 is 10.3 Å². The molecule has 0 amide bonds. The molecule has 0 saturated heterocycles. The van der Waals surface area contributed by atoms with Crippen LogP contribution in [0.15, 0.2) is 29.8 Å². The molecule has 2 heterocycles. The summed E-state index contributed by atoms with van der Waals surface area (Å²) in [7, 11) is 1.97. The first kappa shape index (κ1) is 8.53. The third-order valence-corrected chi connectivity index (χ3v) is 2.85. The maximum Gasteiger partial charge on any atom is 0.0462 e. The van der Waals surface area contributed by atoms with Gasteiger partial charge in [-0.2, -0.15) is 0 Å². The molecule has 2 rings (SSSR count). The second-order valence-corrected chi connectivity index (χ2v) is 3.91. The molecule has 0 aliphatic rings. The predicted molar refractivity (Wildman–Crippen MR) is 56.9 cm³/mol. The molecule has 68 valence electrons. The van der Waals surface area contributed by atoms with Crippen molar-refractivity contribution in [1.82, 2.24) is 10.3 Å². The van der Waals surface area contributed by atoms with Crippen LogP contribution in [0.3, 0.4) is 0 Å². The van der Waals surface area contributed by atoms with Crippen molar-refractivity contribution in [2.45, 2.75) is 6.54 Å². The molecule has 2 aromatic heterocycles. The van der Waals surface area contributed by atoms with E-state index < -0.39 is 0 Å². The van der Waals surface area contributed by atoms with E-state index in [1.807, 2.05) is 19.3 Å². The Morgan fingerprint density at radius 3 is 3.15 bits per heavy atom. The van der Waals surface area contributed by atoms with Crippen molar-refractivity contribution in [3.63, 3.8) is 0 Å². The maximum absolute atomic E-state index is 3.20. The molecule has 0 atom stereocenters. The summed E-state index contributed by atoms with van der Waals surface area (Å²) in [5.74, 6) is 0. The van der Waals surface area contributed by atoms with Gasteiger partial charge in [-0.05, 0) is 25.2 Å². The van der Waals surface area contributed by atoms with Crippen LogP contribution in [0.5, 0.6) is 0 Å². The van der Waals surface area contributed by atoms with Gasteiger partial charge in [0.05, 0.1) is 0 Å². The van der Waals surface area contributed by atoms with E-state index in [1.165, 1.54) is 16.1 Å². The van der Waals surface area contributed by atoms with Gasteiger partial charge in [-0.1, -0.05) is 0 Å². The Kier molecular flexibility index (Phi) is 2.47. The first-order chi connectivity index (χ1) is 6.40. The second-order valence-electron chi connectivity index (χ2n) is 2.92. The van der Waals surface area contributed by atoms with Crippen molar-refractivity contribution in [2.24, 2.45) is 0 Å². The van der Waals surface area contributed by atoms with Gasteiger partial charge in [0.25, 0.3) is 0 Å². The normalized spacial score (nSPS) is 10.5. The van der Waals surface area contributed by atoms with Gasteiger partial charge in [0.15, 0.2) is 0 Å². The lowest BCUT2D eigenvalue weighted by atomic mass is 10.2.